The van der Waals surface area contributed by atoms with Crippen LogP contribution >= 0.6 is 0 Å². The minimum absolute atomic E-state index is 0.351. The van der Waals surface area contributed by atoms with E-state index in [1.54, 1.807) is 43.5 Å². The highest BCUT2D eigenvalue weighted by atomic mass is 16.5. The molecule has 6 heteroatoms. The SMILES string of the molecule is Cc1cccc(NC(=O)C(C)OC(=O)c2ccccc2NCc2ccco2)c1. The smallest absolute Gasteiger partial charge is 0.341 e. The van der Waals surface area contributed by atoms with Gasteiger partial charge in [0.2, 0.25) is 0 Å². The average Bonchev–Trinajstić information content (AvgIpc) is 3.20. The van der Waals surface area contributed by atoms with Gasteiger partial charge < -0.3 is 19.8 Å². The maximum atomic E-state index is 12.6. The summed E-state index contributed by atoms with van der Waals surface area (Å²) in [5.74, 6) is -0.219. The van der Waals surface area contributed by atoms with Crippen LogP contribution in [0.3, 0.4) is 0 Å². The summed E-state index contributed by atoms with van der Waals surface area (Å²) < 4.78 is 10.6. The van der Waals surface area contributed by atoms with Gasteiger partial charge in [-0.25, -0.2) is 4.79 Å². The Hall–Kier alpha value is -3.54. The van der Waals surface area contributed by atoms with Crippen LogP contribution in [0.2, 0.25) is 0 Å². The van der Waals surface area contributed by atoms with Crippen molar-refractivity contribution in [2.45, 2.75) is 26.5 Å². The van der Waals surface area contributed by atoms with Gasteiger partial charge >= 0.3 is 5.97 Å². The van der Waals surface area contributed by atoms with Gasteiger partial charge in [0.15, 0.2) is 6.10 Å². The molecule has 3 rings (SSSR count). The van der Waals surface area contributed by atoms with E-state index in [4.69, 9.17) is 9.15 Å². The molecule has 0 spiro atoms. The first kappa shape index (κ1) is 19.2. The monoisotopic (exact) mass is 378 g/mol. The quantitative estimate of drug-likeness (QED) is 0.596. The number of anilines is 2. The van der Waals surface area contributed by atoms with Crippen LogP contribution in [0.5, 0.6) is 0 Å². The van der Waals surface area contributed by atoms with Gasteiger partial charge in [-0.15, -0.1) is 0 Å². The van der Waals surface area contributed by atoms with Gasteiger partial charge in [0.25, 0.3) is 5.91 Å². The number of carbonyl (C=O) groups excluding carboxylic acids is 2. The summed E-state index contributed by atoms with van der Waals surface area (Å²) in [6.45, 7) is 3.91. The van der Waals surface area contributed by atoms with Crippen LogP contribution in [0.4, 0.5) is 11.4 Å². The molecule has 6 nitrogen and oxygen atoms in total. The predicted molar refractivity (Wildman–Crippen MR) is 107 cm³/mol. The Morgan fingerprint density at radius 1 is 1.07 bits per heavy atom. The van der Waals surface area contributed by atoms with Gasteiger partial charge in [0.1, 0.15) is 5.76 Å². The van der Waals surface area contributed by atoms with E-state index >= 15 is 0 Å². The lowest BCUT2D eigenvalue weighted by Gasteiger charge is -2.15. The predicted octanol–water partition coefficient (Wildman–Crippen LogP) is 4.38. The van der Waals surface area contributed by atoms with Crippen LogP contribution in [0, 0.1) is 6.92 Å². The first-order valence-electron chi connectivity index (χ1n) is 8.97. The topological polar surface area (TPSA) is 80.6 Å². The van der Waals surface area contributed by atoms with E-state index in [2.05, 4.69) is 10.6 Å². The van der Waals surface area contributed by atoms with Gasteiger partial charge in [-0.3, -0.25) is 4.79 Å². The number of rotatable bonds is 7. The van der Waals surface area contributed by atoms with Crippen molar-refractivity contribution in [1.29, 1.82) is 0 Å². The summed E-state index contributed by atoms with van der Waals surface area (Å²) in [6.07, 6.45) is 0.650. The molecular weight excluding hydrogens is 356 g/mol. The molecule has 0 radical (unpaired) electrons. The molecule has 1 unspecified atom stereocenters. The molecule has 1 aromatic heterocycles. The number of hydrogen-bond acceptors (Lipinski definition) is 5. The maximum Gasteiger partial charge on any atom is 0.341 e. The summed E-state index contributed by atoms with van der Waals surface area (Å²) in [5, 5.41) is 5.90. The molecule has 0 aliphatic carbocycles. The molecule has 0 aliphatic heterocycles. The van der Waals surface area contributed by atoms with Crippen LogP contribution in [0.1, 0.15) is 28.6 Å². The van der Waals surface area contributed by atoms with Crippen molar-refractivity contribution in [1.82, 2.24) is 0 Å². The third-order valence-corrected chi connectivity index (χ3v) is 4.12. The Labute approximate surface area is 163 Å². The Morgan fingerprint density at radius 2 is 1.89 bits per heavy atom. The zero-order chi connectivity index (χ0) is 19.9. The van der Waals surface area contributed by atoms with Crippen molar-refractivity contribution >= 4 is 23.3 Å². The second kappa shape index (κ2) is 8.90. The van der Waals surface area contributed by atoms with Crippen LogP contribution < -0.4 is 10.6 Å². The average molecular weight is 378 g/mol. The molecule has 3 aromatic rings. The van der Waals surface area contributed by atoms with Crippen LogP contribution in [0.15, 0.2) is 71.3 Å². The van der Waals surface area contributed by atoms with E-state index in [0.717, 1.165) is 11.3 Å². The van der Waals surface area contributed by atoms with Crippen molar-refractivity contribution in [3.05, 3.63) is 83.8 Å². The number of benzene rings is 2. The van der Waals surface area contributed by atoms with Crippen LogP contribution in [0.25, 0.3) is 0 Å². The molecule has 2 aromatic carbocycles. The van der Waals surface area contributed by atoms with Crippen molar-refractivity contribution in [3.8, 4) is 0 Å². The second-order valence-electron chi connectivity index (χ2n) is 6.38. The lowest BCUT2D eigenvalue weighted by atomic mass is 10.1. The Balaban J connectivity index is 1.62. The Kier molecular flexibility index (Phi) is 6.11. The molecule has 0 fully saturated rings. The van der Waals surface area contributed by atoms with Gasteiger partial charge in [-0.05, 0) is 55.8 Å². The van der Waals surface area contributed by atoms with E-state index in [1.807, 2.05) is 37.3 Å². The molecule has 2 N–H and O–H groups in total. The van der Waals surface area contributed by atoms with Gasteiger partial charge in [-0.2, -0.15) is 0 Å². The maximum absolute atomic E-state index is 12.6. The third kappa shape index (κ3) is 5.01. The number of carbonyl (C=O) groups is 2. The highest BCUT2D eigenvalue weighted by molar-refractivity contribution is 5.99. The number of aryl methyl sites for hydroxylation is 1. The lowest BCUT2D eigenvalue weighted by molar-refractivity contribution is -0.123. The number of hydrogen-bond donors (Lipinski definition) is 2. The highest BCUT2D eigenvalue weighted by Crippen LogP contribution is 2.19. The van der Waals surface area contributed by atoms with Gasteiger partial charge in [-0.1, -0.05) is 24.3 Å². The number of esters is 1. The Bertz CT molecular complexity index is 951. The Morgan fingerprint density at radius 3 is 2.64 bits per heavy atom. The standard InChI is InChI=1S/C22H22N2O4/c1-15-7-5-8-17(13-15)24-21(25)16(2)28-22(26)19-10-3-4-11-20(19)23-14-18-9-6-12-27-18/h3-13,16,23H,14H2,1-2H3,(H,24,25). The van der Waals surface area contributed by atoms with E-state index < -0.39 is 12.1 Å². The zero-order valence-electron chi connectivity index (χ0n) is 15.8. The molecule has 1 amide bonds. The van der Waals surface area contributed by atoms with Crippen molar-refractivity contribution in [2.75, 3.05) is 10.6 Å². The van der Waals surface area contributed by atoms with E-state index in [1.165, 1.54) is 0 Å². The second-order valence-corrected chi connectivity index (χ2v) is 6.38. The molecule has 1 atom stereocenters. The fraction of sp³-hybridized carbons (Fsp3) is 0.182. The largest absolute Gasteiger partial charge is 0.467 e. The lowest BCUT2D eigenvalue weighted by Crippen LogP contribution is -2.30. The molecule has 1 heterocycles. The summed E-state index contributed by atoms with van der Waals surface area (Å²) in [4.78, 5) is 24.9. The van der Waals surface area contributed by atoms with Crippen LogP contribution in [-0.4, -0.2) is 18.0 Å². The number of ether oxygens (including phenoxy) is 1. The number of amides is 1. The van der Waals surface area contributed by atoms with Crippen molar-refractivity contribution in [3.63, 3.8) is 0 Å². The molecule has 0 saturated heterocycles. The third-order valence-electron chi connectivity index (χ3n) is 4.12. The highest BCUT2D eigenvalue weighted by Gasteiger charge is 2.21. The fourth-order valence-corrected chi connectivity index (χ4v) is 2.66. The normalized spacial score (nSPS) is 11.5. The number of nitrogens with one attached hydrogen (secondary N) is 2. The van der Waals surface area contributed by atoms with Crippen LogP contribution in [-0.2, 0) is 16.1 Å². The summed E-state index contributed by atoms with van der Waals surface area (Å²) in [6, 6.07) is 18.0. The van der Waals surface area contributed by atoms with E-state index in [9.17, 15) is 9.59 Å². The molecule has 144 valence electrons. The number of para-hydroxylation sites is 1. The molecule has 0 saturated carbocycles. The summed E-state index contributed by atoms with van der Waals surface area (Å²) in [5.41, 5.74) is 2.65. The zero-order valence-corrected chi connectivity index (χ0v) is 15.8. The molecular formula is C22H22N2O4. The fourth-order valence-electron chi connectivity index (χ4n) is 2.66. The first-order valence-corrected chi connectivity index (χ1v) is 8.97. The minimum atomic E-state index is -0.939. The summed E-state index contributed by atoms with van der Waals surface area (Å²) in [7, 11) is 0. The van der Waals surface area contributed by atoms with E-state index in [-0.39, 0.29) is 5.91 Å². The summed E-state index contributed by atoms with van der Waals surface area (Å²) >= 11 is 0. The molecule has 28 heavy (non-hydrogen) atoms. The van der Waals surface area contributed by atoms with Crippen molar-refractivity contribution in [2.24, 2.45) is 0 Å². The number of furan rings is 1. The minimum Gasteiger partial charge on any atom is -0.467 e. The van der Waals surface area contributed by atoms with Gasteiger partial charge in [0, 0.05) is 11.4 Å². The van der Waals surface area contributed by atoms with E-state index in [0.29, 0.717) is 23.5 Å². The van der Waals surface area contributed by atoms with Gasteiger partial charge in [0.05, 0.1) is 18.4 Å². The van der Waals surface area contributed by atoms with Crippen molar-refractivity contribution < 1.29 is 18.7 Å². The first-order chi connectivity index (χ1) is 13.5. The molecule has 0 bridgehead atoms. The molecule has 0 aliphatic rings.